The van der Waals surface area contributed by atoms with Gasteiger partial charge in [-0.05, 0) is 0 Å². The zero-order valence-electron chi connectivity index (χ0n) is 4.31. The standard InChI is InChI=1S/C3H10N2O2/c1-5(6)2-3-7-4/h5H,2-4H2,1H3. The number of hydrogen-bond acceptors (Lipinski definition) is 3. The van der Waals surface area contributed by atoms with Crippen LogP contribution in [0.2, 0.25) is 0 Å². The Kier molecular flexibility index (Phi) is 3.92. The number of hydrogen-bond donors (Lipinski definition) is 2. The van der Waals surface area contributed by atoms with Crippen LogP contribution >= 0.6 is 0 Å². The third kappa shape index (κ3) is 5.84. The van der Waals surface area contributed by atoms with Crippen molar-refractivity contribution in [2.45, 2.75) is 0 Å². The lowest BCUT2D eigenvalue weighted by molar-refractivity contribution is -0.826. The Morgan fingerprint density at radius 1 is 1.86 bits per heavy atom. The summed E-state index contributed by atoms with van der Waals surface area (Å²) in [5.74, 6) is 4.62. The van der Waals surface area contributed by atoms with E-state index in [4.69, 9.17) is 0 Å². The van der Waals surface area contributed by atoms with Crippen LogP contribution in [0.5, 0.6) is 0 Å². The molecule has 1 unspecified atom stereocenters. The van der Waals surface area contributed by atoms with Crippen LogP contribution in [-0.4, -0.2) is 20.2 Å². The first-order valence-corrected chi connectivity index (χ1v) is 2.08. The quantitative estimate of drug-likeness (QED) is 0.405. The third-order valence-corrected chi connectivity index (χ3v) is 0.572. The summed E-state index contributed by atoms with van der Waals surface area (Å²) in [4.78, 5) is 4.13. The van der Waals surface area contributed by atoms with E-state index in [1.54, 1.807) is 0 Å². The van der Waals surface area contributed by atoms with Crippen LogP contribution in [0.3, 0.4) is 0 Å². The molecular formula is C3H10N2O2. The van der Waals surface area contributed by atoms with Gasteiger partial charge in [0.15, 0.2) is 0 Å². The first-order valence-electron chi connectivity index (χ1n) is 2.08. The van der Waals surface area contributed by atoms with Gasteiger partial charge in [-0.3, -0.25) is 4.84 Å². The maximum absolute atomic E-state index is 10.1. The Bertz CT molecular complexity index is 39.9. The number of likely N-dealkylation sites (N-methyl/N-ethyl adjacent to an activating group) is 1. The van der Waals surface area contributed by atoms with Crippen molar-refractivity contribution in [1.29, 1.82) is 0 Å². The Morgan fingerprint density at radius 2 is 2.43 bits per heavy atom. The summed E-state index contributed by atoms with van der Waals surface area (Å²) in [6, 6.07) is 0. The largest absolute Gasteiger partial charge is 0.634 e. The van der Waals surface area contributed by atoms with E-state index < -0.39 is 0 Å². The highest BCUT2D eigenvalue weighted by molar-refractivity contribution is 4.18. The van der Waals surface area contributed by atoms with E-state index in [2.05, 4.69) is 10.7 Å². The molecule has 0 rings (SSSR count). The van der Waals surface area contributed by atoms with Crippen molar-refractivity contribution in [2.75, 3.05) is 20.2 Å². The normalized spacial score (nSPS) is 14.1. The molecule has 44 valence electrons. The van der Waals surface area contributed by atoms with Gasteiger partial charge in [-0.2, -0.15) is 0 Å². The smallest absolute Gasteiger partial charge is 0.117 e. The Hall–Kier alpha value is -0.160. The third-order valence-electron chi connectivity index (χ3n) is 0.572. The highest BCUT2D eigenvalue weighted by Gasteiger charge is 1.83. The van der Waals surface area contributed by atoms with Gasteiger partial charge in [-0.15, -0.1) is 0 Å². The van der Waals surface area contributed by atoms with Crippen molar-refractivity contribution in [1.82, 2.24) is 0 Å². The molecule has 0 amide bonds. The van der Waals surface area contributed by atoms with Gasteiger partial charge < -0.3 is 10.3 Å². The first-order chi connectivity index (χ1) is 3.27. The van der Waals surface area contributed by atoms with Gasteiger partial charge in [-0.1, -0.05) is 0 Å². The van der Waals surface area contributed by atoms with Gasteiger partial charge in [0.2, 0.25) is 0 Å². The molecule has 4 nitrogen and oxygen atoms in total. The van der Waals surface area contributed by atoms with Crippen molar-refractivity contribution >= 4 is 0 Å². The fraction of sp³-hybridized carbons (Fsp3) is 1.00. The van der Waals surface area contributed by atoms with E-state index in [0.29, 0.717) is 13.2 Å². The van der Waals surface area contributed by atoms with Gasteiger partial charge in [-0.25, -0.2) is 5.90 Å². The summed E-state index contributed by atoms with van der Waals surface area (Å²) in [6.45, 7) is 0.742. The lowest BCUT2D eigenvalue weighted by atomic mass is 10.7. The number of nitrogens with two attached hydrogens (primary N) is 1. The maximum atomic E-state index is 10.1. The Morgan fingerprint density at radius 3 is 2.57 bits per heavy atom. The van der Waals surface area contributed by atoms with Crippen molar-refractivity contribution in [3.05, 3.63) is 5.21 Å². The molecule has 0 aromatic rings. The molecule has 0 saturated heterocycles. The second kappa shape index (κ2) is 4.01. The Labute approximate surface area is 42.4 Å². The summed E-state index contributed by atoms with van der Waals surface area (Å²) in [6.07, 6.45) is 0. The molecule has 3 N–H and O–H groups in total. The molecule has 0 radical (unpaired) electrons. The second-order valence-corrected chi connectivity index (χ2v) is 1.32. The van der Waals surface area contributed by atoms with Crippen molar-refractivity contribution in [2.24, 2.45) is 5.90 Å². The molecule has 0 aliphatic heterocycles. The summed E-state index contributed by atoms with van der Waals surface area (Å²) >= 11 is 0. The highest BCUT2D eigenvalue weighted by atomic mass is 16.6. The molecule has 0 heterocycles. The molecular weight excluding hydrogens is 96.0 g/mol. The fourth-order valence-corrected chi connectivity index (χ4v) is 0.203. The molecule has 0 fully saturated rings. The van der Waals surface area contributed by atoms with Gasteiger partial charge in [0.25, 0.3) is 0 Å². The van der Waals surface area contributed by atoms with Crippen molar-refractivity contribution < 1.29 is 9.90 Å². The molecule has 0 bridgehead atoms. The van der Waals surface area contributed by atoms with Crippen LogP contribution in [0.4, 0.5) is 0 Å². The zero-order valence-corrected chi connectivity index (χ0v) is 4.31. The number of rotatable bonds is 3. The monoisotopic (exact) mass is 106 g/mol. The molecule has 0 aromatic heterocycles. The number of nitrogens with one attached hydrogen (secondary N) is 1. The minimum Gasteiger partial charge on any atom is -0.634 e. The highest BCUT2D eigenvalue weighted by Crippen LogP contribution is 1.49. The summed E-state index contributed by atoms with van der Waals surface area (Å²) < 4.78 is 0. The second-order valence-electron chi connectivity index (χ2n) is 1.32. The van der Waals surface area contributed by atoms with Gasteiger partial charge in [0, 0.05) is 0 Å². The SMILES string of the molecule is C[NH+]([O-])CCON. The van der Waals surface area contributed by atoms with Crippen LogP contribution in [0.25, 0.3) is 0 Å². The topological polar surface area (TPSA) is 62.8 Å². The van der Waals surface area contributed by atoms with Gasteiger partial charge >= 0.3 is 0 Å². The fourth-order valence-electron chi connectivity index (χ4n) is 0.203. The first kappa shape index (κ1) is 6.84. The maximum Gasteiger partial charge on any atom is 0.117 e. The van der Waals surface area contributed by atoms with E-state index in [-0.39, 0.29) is 5.06 Å². The van der Waals surface area contributed by atoms with Crippen molar-refractivity contribution in [3.8, 4) is 0 Å². The summed E-state index contributed by atoms with van der Waals surface area (Å²) in [5, 5.41) is 10.2. The summed E-state index contributed by atoms with van der Waals surface area (Å²) in [7, 11) is 1.50. The lowest BCUT2D eigenvalue weighted by Crippen LogP contribution is -3.04. The van der Waals surface area contributed by atoms with Crippen molar-refractivity contribution in [3.63, 3.8) is 0 Å². The number of hydroxylamine groups is 2. The molecule has 4 heteroatoms. The predicted octanol–water partition coefficient (Wildman–Crippen LogP) is -2.11. The minimum absolute atomic E-state index is 0.102. The van der Waals surface area contributed by atoms with E-state index in [0.717, 1.165) is 0 Å². The lowest BCUT2D eigenvalue weighted by Gasteiger charge is -2.13. The molecule has 0 aliphatic rings. The van der Waals surface area contributed by atoms with Crippen LogP contribution in [0.15, 0.2) is 0 Å². The predicted molar refractivity (Wildman–Crippen MR) is 25.3 cm³/mol. The average Bonchev–Trinajstić information content (AvgIpc) is 1.61. The molecule has 0 saturated carbocycles. The average molecular weight is 106 g/mol. The van der Waals surface area contributed by atoms with E-state index >= 15 is 0 Å². The van der Waals surface area contributed by atoms with E-state index in [1.165, 1.54) is 7.05 Å². The van der Waals surface area contributed by atoms with Gasteiger partial charge in [0.1, 0.15) is 13.2 Å². The van der Waals surface area contributed by atoms with Crippen LogP contribution in [-0.2, 0) is 4.84 Å². The molecule has 1 atom stereocenters. The van der Waals surface area contributed by atoms with E-state index in [9.17, 15) is 5.21 Å². The van der Waals surface area contributed by atoms with Gasteiger partial charge in [0.05, 0.1) is 7.05 Å². The van der Waals surface area contributed by atoms with E-state index in [1.807, 2.05) is 0 Å². The molecule has 0 spiro atoms. The molecule has 0 aliphatic carbocycles. The zero-order chi connectivity index (χ0) is 5.70. The molecule has 0 aromatic carbocycles. The minimum atomic E-state index is 0.102. The van der Waals surface area contributed by atoms with Crippen LogP contribution < -0.4 is 11.0 Å². The van der Waals surface area contributed by atoms with Crippen LogP contribution in [0.1, 0.15) is 0 Å². The Balaban J connectivity index is 2.68. The number of quaternary nitrogens is 1. The van der Waals surface area contributed by atoms with Crippen LogP contribution in [0, 0.1) is 5.21 Å². The summed E-state index contributed by atoms with van der Waals surface area (Å²) in [5.41, 5.74) is 0. The molecule has 7 heavy (non-hydrogen) atoms.